The summed E-state index contributed by atoms with van der Waals surface area (Å²) in [5.74, 6) is -0.127. The zero-order chi connectivity index (χ0) is 17.0. The van der Waals surface area contributed by atoms with Gasteiger partial charge in [0.2, 0.25) is 0 Å². The maximum atomic E-state index is 10.6. The Kier molecular flexibility index (Phi) is 7.10. The average molecular weight is 312 g/mol. The summed E-state index contributed by atoms with van der Waals surface area (Å²) < 4.78 is 0. The second-order valence-corrected chi connectivity index (χ2v) is 8.26. The van der Waals surface area contributed by atoms with E-state index < -0.39 is 11.7 Å². The predicted molar refractivity (Wildman–Crippen MR) is 91.7 cm³/mol. The van der Waals surface area contributed by atoms with Gasteiger partial charge in [0.05, 0.1) is 11.7 Å². The largest absolute Gasteiger partial charge is 0.396 e. The van der Waals surface area contributed by atoms with E-state index in [4.69, 9.17) is 5.11 Å². The Morgan fingerprint density at radius 2 is 1.91 bits per heavy atom. The van der Waals surface area contributed by atoms with Gasteiger partial charge in [0.15, 0.2) is 0 Å². The second-order valence-electron chi connectivity index (χ2n) is 8.26. The highest BCUT2D eigenvalue weighted by molar-refractivity contribution is 5.22. The van der Waals surface area contributed by atoms with Crippen molar-refractivity contribution in [2.45, 2.75) is 91.3 Å². The monoisotopic (exact) mass is 312 g/mol. The van der Waals surface area contributed by atoms with Crippen LogP contribution in [0.5, 0.6) is 0 Å². The fraction of sp³-hybridized carbons (Fsp3) is 0.895. The lowest BCUT2D eigenvalue weighted by atomic mass is 9.70. The Bertz CT molecular complexity index is 382. The highest BCUT2D eigenvalue weighted by Gasteiger charge is 2.30. The summed E-state index contributed by atoms with van der Waals surface area (Å²) in [4.78, 5) is 0. The van der Waals surface area contributed by atoms with Crippen LogP contribution in [0.25, 0.3) is 0 Å². The molecule has 130 valence electrons. The number of aliphatic hydroxyl groups excluding tert-OH is 2. The molecule has 0 fully saturated rings. The van der Waals surface area contributed by atoms with Gasteiger partial charge in [-0.25, -0.2) is 0 Å². The van der Waals surface area contributed by atoms with E-state index in [1.807, 2.05) is 13.8 Å². The second kappa shape index (κ2) is 7.94. The van der Waals surface area contributed by atoms with Crippen LogP contribution < -0.4 is 0 Å². The first kappa shape index (κ1) is 19.7. The van der Waals surface area contributed by atoms with Crippen molar-refractivity contribution in [1.82, 2.24) is 0 Å². The molecule has 0 spiro atoms. The van der Waals surface area contributed by atoms with Crippen molar-refractivity contribution < 1.29 is 15.3 Å². The van der Waals surface area contributed by atoms with Crippen molar-refractivity contribution >= 4 is 0 Å². The van der Waals surface area contributed by atoms with Gasteiger partial charge >= 0.3 is 0 Å². The molecule has 0 saturated carbocycles. The molecular formula is C19H36O3. The highest BCUT2D eigenvalue weighted by atomic mass is 16.3. The van der Waals surface area contributed by atoms with Crippen LogP contribution in [0.15, 0.2) is 11.1 Å². The Balaban J connectivity index is 2.54. The molecule has 0 aromatic carbocycles. The highest BCUT2D eigenvalue weighted by Crippen LogP contribution is 2.43. The normalized spacial score (nSPS) is 24.0. The Labute approximate surface area is 136 Å². The fourth-order valence-corrected chi connectivity index (χ4v) is 3.61. The number of aliphatic hydroxyl groups is 3. The molecule has 1 rings (SSSR count). The van der Waals surface area contributed by atoms with Crippen LogP contribution in [0.2, 0.25) is 0 Å². The first-order valence-corrected chi connectivity index (χ1v) is 8.79. The first-order valence-electron chi connectivity index (χ1n) is 8.79. The molecule has 0 radical (unpaired) electrons. The maximum absolute atomic E-state index is 10.6. The lowest BCUT2D eigenvalue weighted by Gasteiger charge is -2.36. The molecule has 0 aromatic rings. The van der Waals surface area contributed by atoms with Gasteiger partial charge in [-0.05, 0) is 64.2 Å². The third-order valence-electron chi connectivity index (χ3n) is 5.52. The van der Waals surface area contributed by atoms with E-state index in [-0.39, 0.29) is 17.9 Å². The van der Waals surface area contributed by atoms with Gasteiger partial charge < -0.3 is 15.3 Å². The van der Waals surface area contributed by atoms with Gasteiger partial charge in [-0.3, -0.25) is 0 Å². The van der Waals surface area contributed by atoms with E-state index in [1.165, 1.54) is 30.4 Å². The molecule has 3 unspecified atom stereocenters. The SMILES string of the molecule is CC1=C(CCC(C)(O)CCC(O)C(C)CO)C(C)(C)CCC1. The van der Waals surface area contributed by atoms with Crippen LogP contribution in [-0.4, -0.2) is 33.6 Å². The Morgan fingerprint density at radius 3 is 2.45 bits per heavy atom. The Hall–Kier alpha value is -0.380. The number of hydrogen-bond acceptors (Lipinski definition) is 3. The molecule has 0 bridgehead atoms. The quantitative estimate of drug-likeness (QED) is 0.597. The molecule has 3 N–H and O–H groups in total. The van der Waals surface area contributed by atoms with E-state index in [0.29, 0.717) is 12.8 Å². The summed E-state index contributed by atoms with van der Waals surface area (Å²) in [5, 5.41) is 29.6. The molecular weight excluding hydrogens is 276 g/mol. The van der Waals surface area contributed by atoms with E-state index in [2.05, 4.69) is 20.8 Å². The van der Waals surface area contributed by atoms with Gasteiger partial charge in [-0.2, -0.15) is 0 Å². The van der Waals surface area contributed by atoms with E-state index in [9.17, 15) is 10.2 Å². The summed E-state index contributed by atoms with van der Waals surface area (Å²) in [6.07, 6.45) is 5.94. The van der Waals surface area contributed by atoms with Gasteiger partial charge in [-0.1, -0.05) is 31.9 Å². The van der Waals surface area contributed by atoms with Crippen molar-refractivity contribution in [3.05, 3.63) is 11.1 Å². The lowest BCUT2D eigenvalue weighted by molar-refractivity contribution is 0.00788. The molecule has 1 aliphatic carbocycles. The van der Waals surface area contributed by atoms with Crippen molar-refractivity contribution in [3.8, 4) is 0 Å². The van der Waals surface area contributed by atoms with Crippen molar-refractivity contribution in [3.63, 3.8) is 0 Å². The van der Waals surface area contributed by atoms with Crippen LogP contribution in [0.4, 0.5) is 0 Å². The van der Waals surface area contributed by atoms with Gasteiger partial charge in [0.1, 0.15) is 0 Å². The standard InChI is InChI=1S/C19H36O3/c1-14-7-6-10-18(3,4)16(14)8-11-19(5,22)12-9-17(21)15(2)13-20/h15,17,20-22H,6-13H2,1-5H3. The molecule has 22 heavy (non-hydrogen) atoms. The predicted octanol–water partition coefficient (Wildman–Crippen LogP) is 3.81. The van der Waals surface area contributed by atoms with Crippen LogP contribution >= 0.6 is 0 Å². The molecule has 0 aromatic heterocycles. The third kappa shape index (κ3) is 5.68. The molecule has 3 heteroatoms. The average Bonchev–Trinajstić information content (AvgIpc) is 2.42. The zero-order valence-corrected chi connectivity index (χ0v) is 15.2. The molecule has 3 atom stereocenters. The number of rotatable bonds is 8. The summed E-state index contributed by atoms with van der Waals surface area (Å²) in [6.45, 7) is 10.5. The smallest absolute Gasteiger partial charge is 0.0623 e. The molecule has 0 amide bonds. The van der Waals surface area contributed by atoms with Crippen LogP contribution in [0, 0.1) is 11.3 Å². The fourth-order valence-electron chi connectivity index (χ4n) is 3.61. The van der Waals surface area contributed by atoms with E-state index in [0.717, 1.165) is 12.8 Å². The number of hydrogen-bond donors (Lipinski definition) is 3. The third-order valence-corrected chi connectivity index (χ3v) is 5.52. The molecule has 3 nitrogen and oxygen atoms in total. The summed E-state index contributed by atoms with van der Waals surface area (Å²) >= 11 is 0. The minimum absolute atomic E-state index is 0.0103. The van der Waals surface area contributed by atoms with Crippen molar-refractivity contribution in [1.29, 1.82) is 0 Å². The number of allylic oxidation sites excluding steroid dienone is 2. The summed E-state index contributed by atoms with van der Waals surface area (Å²) in [5.41, 5.74) is 2.52. The van der Waals surface area contributed by atoms with E-state index >= 15 is 0 Å². The lowest BCUT2D eigenvalue weighted by Crippen LogP contribution is -2.30. The molecule has 0 aliphatic heterocycles. The van der Waals surface area contributed by atoms with E-state index in [1.54, 1.807) is 0 Å². The molecule has 0 saturated heterocycles. The topological polar surface area (TPSA) is 60.7 Å². The maximum Gasteiger partial charge on any atom is 0.0623 e. The minimum atomic E-state index is -0.753. The minimum Gasteiger partial charge on any atom is -0.396 e. The van der Waals surface area contributed by atoms with Crippen LogP contribution in [0.1, 0.15) is 79.6 Å². The van der Waals surface area contributed by atoms with Crippen molar-refractivity contribution in [2.24, 2.45) is 11.3 Å². The summed E-state index contributed by atoms with van der Waals surface area (Å²) in [6, 6.07) is 0. The van der Waals surface area contributed by atoms with Gasteiger partial charge in [-0.15, -0.1) is 0 Å². The van der Waals surface area contributed by atoms with Crippen molar-refractivity contribution in [2.75, 3.05) is 6.61 Å². The van der Waals surface area contributed by atoms with Gasteiger partial charge in [0, 0.05) is 12.5 Å². The summed E-state index contributed by atoms with van der Waals surface area (Å²) in [7, 11) is 0. The van der Waals surface area contributed by atoms with Crippen LogP contribution in [-0.2, 0) is 0 Å². The zero-order valence-electron chi connectivity index (χ0n) is 15.2. The molecule has 0 heterocycles. The van der Waals surface area contributed by atoms with Crippen LogP contribution in [0.3, 0.4) is 0 Å². The Morgan fingerprint density at radius 1 is 1.27 bits per heavy atom. The van der Waals surface area contributed by atoms with Gasteiger partial charge in [0.25, 0.3) is 0 Å². The molecule has 1 aliphatic rings. The first-order chi connectivity index (χ1) is 10.1.